The van der Waals surface area contributed by atoms with Crippen LogP contribution in [-0.2, 0) is 0 Å². The molecule has 19 heavy (non-hydrogen) atoms. The van der Waals surface area contributed by atoms with Gasteiger partial charge in [0.25, 0.3) is 0 Å². The highest BCUT2D eigenvalue weighted by Gasteiger charge is 2.35. The molecule has 1 N–H and O–H groups in total. The van der Waals surface area contributed by atoms with Crippen molar-refractivity contribution in [2.75, 3.05) is 11.4 Å². The highest BCUT2D eigenvalue weighted by Crippen LogP contribution is 2.37. The number of aromatic carboxylic acids is 1. The number of rotatable bonds is 3. The second kappa shape index (κ2) is 5.19. The molecule has 1 aromatic rings. The first kappa shape index (κ1) is 12.5. The molecule has 1 aliphatic heterocycles. The van der Waals surface area contributed by atoms with Gasteiger partial charge in [-0.15, -0.1) is 0 Å². The molecule has 1 aliphatic carbocycles. The SMILES string of the molecule is O=C(O)c1cccnc1N1CCCC1C1CCCC1. The molecule has 4 heteroatoms. The lowest BCUT2D eigenvalue weighted by Gasteiger charge is -2.31. The summed E-state index contributed by atoms with van der Waals surface area (Å²) in [6.45, 7) is 0.943. The van der Waals surface area contributed by atoms with Crippen LogP contribution in [0.25, 0.3) is 0 Å². The molecule has 1 aromatic heterocycles. The topological polar surface area (TPSA) is 53.4 Å². The Hall–Kier alpha value is -1.58. The molecule has 1 atom stereocenters. The fourth-order valence-corrected chi connectivity index (χ4v) is 3.68. The van der Waals surface area contributed by atoms with Crippen molar-refractivity contribution in [2.24, 2.45) is 5.92 Å². The summed E-state index contributed by atoms with van der Waals surface area (Å²) in [7, 11) is 0. The van der Waals surface area contributed by atoms with Crippen molar-refractivity contribution in [1.82, 2.24) is 4.98 Å². The number of carbonyl (C=O) groups is 1. The lowest BCUT2D eigenvalue weighted by molar-refractivity contribution is 0.0697. The third-order valence-electron chi connectivity index (χ3n) is 4.53. The molecule has 0 spiro atoms. The number of hydrogen-bond donors (Lipinski definition) is 1. The van der Waals surface area contributed by atoms with Crippen LogP contribution >= 0.6 is 0 Å². The number of aromatic nitrogens is 1. The van der Waals surface area contributed by atoms with Crippen LogP contribution in [0.4, 0.5) is 5.82 Å². The van der Waals surface area contributed by atoms with Crippen LogP contribution in [0.1, 0.15) is 48.9 Å². The van der Waals surface area contributed by atoms with Crippen molar-refractivity contribution in [3.63, 3.8) is 0 Å². The van der Waals surface area contributed by atoms with Crippen LogP contribution in [-0.4, -0.2) is 28.6 Å². The number of carboxylic acids is 1. The van der Waals surface area contributed by atoms with Gasteiger partial charge in [0, 0.05) is 18.8 Å². The van der Waals surface area contributed by atoms with Gasteiger partial charge >= 0.3 is 5.97 Å². The standard InChI is InChI=1S/C15H20N2O2/c18-15(19)12-7-3-9-16-14(12)17-10-4-8-13(17)11-5-1-2-6-11/h3,7,9,11,13H,1-2,4-6,8,10H2,(H,18,19). The second-order valence-electron chi connectivity index (χ2n) is 5.63. The number of nitrogens with zero attached hydrogens (tertiary/aromatic N) is 2. The first-order valence-electron chi connectivity index (χ1n) is 7.22. The summed E-state index contributed by atoms with van der Waals surface area (Å²) in [4.78, 5) is 17.9. The molecule has 3 rings (SSSR count). The van der Waals surface area contributed by atoms with Gasteiger partial charge in [-0.05, 0) is 43.7 Å². The highest BCUT2D eigenvalue weighted by atomic mass is 16.4. The van der Waals surface area contributed by atoms with E-state index in [2.05, 4.69) is 9.88 Å². The maximum atomic E-state index is 11.3. The summed E-state index contributed by atoms with van der Waals surface area (Å²) in [5.41, 5.74) is 0.340. The van der Waals surface area contributed by atoms with Gasteiger partial charge in [0.05, 0.1) is 0 Å². The minimum Gasteiger partial charge on any atom is -0.478 e. The van der Waals surface area contributed by atoms with Crippen LogP contribution in [0.5, 0.6) is 0 Å². The third-order valence-corrected chi connectivity index (χ3v) is 4.53. The Morgan fingerprint density at radius 3 is 2.79 bits per heavy atom. The van der Waals surface area contributed by atoms with Crippen molar-refractivity contribution in [1.29, 1.82) is 0 Å². The van der Waals surface area contributed by atoms with Crippen molar-refractivity contribution < 1.29 is 9.90 Å². The Bertz CT molecular complexity index is 469. The van der Waals surface area contributed by atoms with E-state index in [1.807, 2.05) is 0 Å². The molecule has 0 bridgehead atoms. The lowest BCUT2D eigenvalue weighted by Crippen LogP contribution is -2.36. The van der Waals surface area contributed by atoms with E-state index in [0.717, 1.165) is 18.9 Å². The van der Waals surface area contributed by atoms with E-state index in [9.17, 15) is 9.90 Å². The van der Waals surface area contributed by atoms with Crippen LogP contribution in [0.2, 0.25) is 0 Å². The molecule has 0 aromatic carbocycles. The molecular formula is C15H20N2O2. The molecule has 2 heterocycles. The van der Waals surface area contributed by atoms with Crippen LogP contribution < -0.4 is 4.90 Å². The molecule has 2 fully saturated rings. The van der Waals surface area contributed by atoms with E-state index in [1.165, 1.54) is 32.1 Å². The maximum absolute atomic E-state index is 11.3. The number of carboxylic acid groups (broad SMARTS) is 1. The Balaban J connectivity index is 1.90. The number of anilines is 1. The lowest BCUT2D eigenvalue weighted by atomic mass is 9.96. The normalized spacial score (nSPS) is 24.0. The van der Waals surface area contributed by atoms with Gasteiger partial charge in [0.2, 0.25) is 0 Å². The molecule has 102 valence electrons. The third kappa shape index (κ3) is 2.31. The Kier molecular flexibility index (Phi) is 3.40. The van der Waals surface area contributed by atoms with E-state index in [-0.39, 0.29) is 0 Å². The van der Waals surface area contributed by atoms with Crippen molar-refractivity contribution in [3.8, 4) is 0 Å². The monoisotopic (exact) mass is 260 g/mol. The zero-order chi connectivity index (χ0) is 13.2. The second-order valence-corrected chi connectivity index (χ2v) is 5.63. The Morgan fingerprint density at radius 2 is 2.05 bits per heavy atom. The van der Waals surface area contributed by atoms with Crippen LogP contribution in [0, 0.1) is 5.92 Å². The zero-order valence-corrected chi connectivity index (χ0v) is 11.1. The van der Waals surface area contributed by atoms with Crippen molar-refractivity contribution >= 4 is 11.8 Å². The van der Waals surface area contributed by atoms with Gasteiger partial charge in [-0.3, -0.25) is 0 Å². The smallest absolute Gasteiger partial charge is 0.339 e. The maximum Gasteiger partial charge on any atom is 0.339 e. The average Bonchev–Trinajstić information content (AvgIpc) is 3.09. The van der Waals surface area contributed by atoms with Gasteiger partial charge in [0.15, 0.2) is 0 Å². The van der Waals surface area contributed by atoms with E-state index < -0.39 is 5.97 Å². The minimum absolute atomic E-state index is 0.340. The molecule has 0 radical (unpaired) electrons. The summed E-state index contributed by atoms with van der Waals surface area (Å²) in [5, 5.41) is 9.31. The summed E-state index contributed by atoms with van der Waals surface area (Å²) in [6, 6.07) is 3.86. The number of pyridine rings is 1. The van der Waals surface area contributed by atoms with Crippen molar-refractivity contribution in [2.45, 2.75) is 44.6 Å². The summed E-state index contributed by atoms with van der Waals surface area (Å²) in [5.74, 6) is 0.524. The van der Waals surface area contributed by atoms with Gasteiger partial charge in [-0.1, -0.05) is 12.8 Å². The molecule has 2 aliphatic rings. The molecule has 4 nitrogen and oxygen atoms in total. The Morgan fingerprint density at radius 1 is 1.26 bits per heavy atom. The molecule has 0 amide bonds. The summed E-state index contributed by atoms with van der Waals surface area (Å²) < 4.78 is 0. The van der Waals surface area contributed by atoms with Gasteiger partial charge in [0.1, 0.15) is 11.4 Å². The van der Waals surface area contributed by atoms with Crippen molar-refractivity contribution in [3.05, 3.63) is 23.9 Å². The highest BCUT2D eigenvalue weighted by molar-refractivity contribution is 5.93. The first-order chi connectivity index (χ1) is 9.27. The predicted octanol–water partition coefficient (Wildman–Crippen LogP) is 2.94. The summed E-state index contributed by atoms with van der Waals surface area (Å²) >= 11 is 0. The molecule has 1 saturated carbocycles. The van der Waals surface area contributed by atoms with Gasteiger partial charge in [-0.2, -0.15) is 0 Å². The minimum atomic E-state index is -0.875. The molecule has 1 unspecified atom stereocenters. The molecular weight excluding hydrogens is 240 g/mol. The predicted molar refractivity (Wildman–Crippen MR) is 73.5 cm³/mol. The fraction of sp³-hybridized carbons (Fsp3) is 0.600. The number of hydrogen-bond acceptors (Lipinski definition) is 3. The van der Waals surface area contributed by atoms with E-state index in [4.69, 9.17) is 0 Å². The van der Waals surface area contributed by atoms with E-state index in [1.54, 1.807) is 18.3 Å². The molecule has 1 saturated heterocycles. The van der Waals surface area contributed by atoms with Crippen LogP contribution in [0.3, 0.4) is 0 Å². The fourth-order valence-electron chi connectivity index (χ4n) is 3.68. The van der Waals surface area contributed by atoms with Crippen LogP contribution in [0.15, 0.2) is 18.3 Å². The first-order valence-corrected chi connectivity index (χ1v) is 7.22. The van der Waals surface area contributed by atoms with Gasteiger partial charge < -0.3 is 10.0 Å². The largest absolute Gasteiger partial charge is 0.478 e. The Labute approximate surface area is 113 Å². The van der Waals surface area contributed by atoms with Gasteiger partial charge in [-0.25, -0.2) is 9.78 Å². The summed E-state index contributed by atoms with van der Waals surface area (Å²) in [6.07, 6.45) is 9.25. The quantitative estimate of drug-likeness (QED) is 0.907. The van der Waals surface area contributed by atoms with E-state index >= 15 is 0 Å². The van der Waals surface area contributed by atoms with E-state index in [0.29, 0.717) is 17.4 Å². The zero-order valence-electron chi connectivity index (χ0n) is 11.1. The average molecular weight is 260 g/mol.